The number of hydrogen-bond donors (Lipinski definition) is 2. The summed E-state index contributed by atoms with van der Waals surface area (Å²) in [6, 6.07) is 13.7. The lowest BCUT2D eigenvalue weighted by molar-refractivity contribution is -0.146. The van der Waals surface area contributed by atoms with Crippen LogP contribution in [0.15, 0.2) is 63.8 Å². The summed E-state index contributed by atoms with van der Waals surface area (Å²) >= 11 is 0. The zero-order valence-electron chi connectivity index (χ0n) is 16.4. The molecule has 0 spiro atoms. The fraction of sp³-hybridized carbons (Fsp3) is 0.182. The van der Waals surface area contributed by atoms with Gasteiger partial charge in [0.05, 0.1) is 0 Å². The fourth-order valence-corrected chi connectivity index (χ4v) is 2.83. The Labute approximate surface area is 171 Å². The van der Waals surface area contributed by atoms with Gasteiger partial charge in [0.2, 0.25) is 5.91 Å². The first-order chi connectivity index (χ1) is 14.3. The molecule has 8 heteroatoms. The summed E-state index contributed by atoms with van der Waals surface area (Å²) < 4.78 is 10.5. The second-order valence-corrected chi connectivity index (χ2v) is 6.65. The lowest BCUT2D eigenvalue weighted by Gasteiger charge is -2.14. The largest absolute Gasteiger partial charge is 0.459 e. The zero-order chi connectivity index (χ0) is 21.7. The van der Waals surface area contributed by atoms with Crippen LogP contribution >= 0.6 is 0 Å². The molecule has 0 saturated heterocycles. The van der Waals surface area contributed by atoms with E-state index in [0.29, 0.717) is 22.2 Å². The summed E-state index contributed by atoms with van der Waals surface area (Å²) in [6.45, 7) is 2.71. The molecule has 0 aliphatic rings. The number of carbonyl (C=O) groups is 3. The van der Waals surface area contributed by atoms with E-state index in [1.165, 1.54) is 26.0 Å². The molecule has 1 heterocycles. The van der Waals surface area contributed by atoms with Crippen molar-refractivity contribution in [2.24, 2.45) is 0 Å². The van der Waals surface area contributed by atoms with Crippen LogP contribution in [0.3, 0.4) is 0 Å². The van der Waals surface area contributed by atoms with Crippen molar-refractivity contribution in [3.8, 4) is 0 Å². The number of ether oxygens (including phenoxy) is 1. The van der Waals surface area contributed by atoms with Crippen LogP contribution in [-0.2, 0) is 20.9 Å². The Kier molecular flexibility index (Phi) is 6.26. The molecule has 0 aliphatic carbocycles. The van der Waals surface area contributed by atoms with Crippen molar-refractivity contribution in [2.75, 3.05) is 5.32 Å². The molecule has 1 atom stereocenters. The fourth-order valence-electron chi connectivity index (χ4n) is 2.83. The predicted molar refractivity (Wildman–Crippen MR) is 110 cm³/mol. The van der Waals surface area contributed by atoms with Gasteiger partial charge >= 0.3 is 11.6 Å². The SMILES string of the molecule is CC(=O)Nc1ccc2c(COC(=O)[C@H](C)NC(=O)c3ccccc3)cc(=O)oc2c1. The first kappa shape index (κ1) is 20.8. The summed E-state index contributed by atoms with van der Waals surface area (Å²) in [7, 11) is 0. The number of carbonyl (C=O) groups excluding carboxylic acids is 3. The highest BCUT2D eigenvalue weighted by Gasteiger charge is 2.19. The number of nitrogens with one attached hydrogen (secondary N) is 2. The van der Waals surface area contributed by atoms with E-state index in [1.807, 2.05) is 0 Å². The Bertz CT molecular complexity index is 1150. The summed E-state index contributed by atoms with van der Waals surface area (Å²) in [5.74, 6) is -1.29. The minimum Gasteiger partial charge on any atom is -0.459 e. The Morgan fingerprint density at radius 3 is 2.50 bits per heavy atom. The van der Waals surface area contributed by atoms with Gasteiger partial charge in [0.25, 0.3) is 5.91 Å². The van der Waals surface area contributed by atoms with Crippen molar-refractivity contribution >= 4 is 34.4 Å². The summed E-state index contributed by atoms with van der Waals surface area (Å²) in [5, 5.41) is 5.75. The first-order valence-electron chi connectivity index (χ1n) is 9.20. The molecule has 2 N–H and O–H groups in total. The lowest BCUT2D eigenvalue weighted by Crippen LogP contribution is -2.39. The number of benzene rings is 2. The van der Waals surface area contributed by atoms with E-state index in [9.17, 15) is 19.2 Å². The zero-order valence-corrected chi connectivity index (χ0v) is 16.4. The maximum absolute atomic E-state index is 12.3. The maximum atomic E-state index is 12.3. The second-order valence-electron chi connectivity index (χ2n) is 6.65. The Hall–Kier alpha value is -3.94. The van der Waals surface area contributed by atoms with E-state index < -0.39 is 23.5 Å². The molecule has 0 unspecified atom stereocenters. The number of esters is 1. The molecular formula is C22H20N2O6. The average molecular weight is 408 g/mol. The molecule has 0 fully saturated rings. The predicted octanol–water partition coefficient (Wildman–Crippen LogP) is 2.61. The molecule has 3 aromatic rings. The number of fused-ring (bicyclic) bond motifs is 1. The normalized spacial score (nSPS) is 11.5. The molecule has 2 amide bonds. The van der Waals surface area contributed by atoms with Gasteiger partial charge in [-0.1, -0.05) is 18.2 Å². The van der Waals surface area contributed by atoms with Gasteiger partial charge in [0, 0.05) is 41.3 Å². The van der Waals surface area contributed by atoms with Gasteiger partial charge < -0.3 is 19.8 Å². The standard InChI is InChI=1S/C22H20N2O6/c1-13(23-21(27)15-6-4-3-5-7-15)22(28)29-12-16-10-20(26)30-19-11-17(24-14(2)25)8-9-18(16)19/h3-11,13H,12H2,1-2H3,(H,23,27)(H,24,25)/t13-/m0/s1. The van der Waals surface area contributed by atoms with Crippen molar-refractivity contribution in [1.82, 2.24) is 5.32 Å². The Balaban J connectivity index is 1.70. The van der Waals surface area contributed by atoms with E-state index in [0.717, 1.165) is 0 Å². The van der Waals surface area contributed by atoms with Crippen LogP contribution in [0.1, 0.15) is 29.8 Å². The van der Waals surface area contributed by atoms with Crippen LogP contribution in [0.2, 0.25) is 0 Å². The van der Waals surface area contributed by atoms with Crippen LogP contribution in [0.4, 0.5) is 5.69 Å². The van der Waals surface area contributed by atoms with Gasteiger partial charge in [0.15, 0.2) is 0 Å². The van der Waals surface area contributed by atoms with E-state index in [4.69, 9.17) is 9.15 Å². The van der Waals surface area contributed by atoms with E-state index >= 15 is 0 Å². The Morgan fingerprint density at radius 2 is 1.80 bits per heavy atom. The number of anilines is 1. The minimum atomic E-state index is -0.879. The van der Waals surface area contributed by atoms with Gasteiger partial charge in [-0.25, -0.2) is 9.59 Å². The van der Waals surface area contributed by atoms with Crippen LogP contribution in [0.25, 0.3) is 11.0 Å². The number of amides is 2. The number of hydrogen-bond acceptors (Lipinski definition) is 6. The van der Waals surface area contributed by atoms with E-state index in [-0.39, 0.29) is 18.1 Å². The van der Waals surface area contributed by atoms with Gasteiger partial charge in [-0.05, 0) is 31.2 Å². The van der Waals surface area contributed by atoms with Crippen LogP contribution < -0.4 is 16.3 Å². The molecule has 154 valence electrons. The third-order valence-electron chi connectivity index (χ3n) is 4.26. The third-order valence-corrected chi connectivity index (χ3v) is 4.26. The first-order valence-corrected chi connectivity index (χ1v) is 9.20. The molecule has 1 aromatic heterocycles. The van der Waals surface area contributed by atoms with Crippen molar-refractivity contribution in [2.45, 2.75) is 26.5 Å². The van der Waals surface area contributed by atoms with Crippen LogP contribution in [-0.4, -0.2) is 23.8 Å². The molecular weight excluding hydrogens is 388 g/mol. The molecule has 0 aliphatic heterocycles. The highest BCUT2D eigenvalue weighted by atomic mass is 16.5. The minimum absolute atomic E-state index is 0.175. The van der Waals surface area contributed by atoms with Crippen molar-refractivity contribution in [1.29, 1.82) is 0 Å². The summed E-state index contributed by atoms with van der Waals surface area (Å²) in [6.07, 6.45) is 0. The molecule has 3 rings (SSSR count). The molecule has 2 aromatic carbocycles. The summed E-state index contributed by atoms with van der Waals surface area (Å²) in [4.78, 5) is 47.5. The quantitative estimate of drug-likeness (QED) is 0.479. The van der Waals surface area contributed by atoms with Gasteiger partial charge in [0.1, 0.15) is 18.2 Å². The van der Waals surface area contributed by atoms with Gasteiger partial charge in [-0.15, -0.1) is 0 Å². The number of rotatable bonds is 6. The molecule has 0 radical (unpaired) electrons. The molecule has 8 nitrogen and oxygen atoms in total. The topological polar surface area (TPSA) is 115 Å². The molecule has 0 bridgehead atoms. The lowest BCUT2D eigenvalue weighted by atomic mass is 10.1. The van der Waals surface area contributed by atoms with Crippen molar-refractivity contribution in [3.63, 3.8) is 0 Å². The highest BCUT2D eigenvalue weighted by Crippen LogP contribution is 2.22. The van der Waals surface area contributed by atoms with Crippen molar-refractivity contribution in [3.05, 3.63) is 76.1 Å². The van der Waals surface area contributed by atoms with Crippen molar-refractivity contribution < 1.29 is 23.5 Å². The monoisotopic (exact) mass is 408 g/mol. The van der Waals surface area contributed by atoms with Gasteiger partial charge in [-0.3, -0.25) is 9.59 Å². The molecule has 0 saturated carbocycles. The highest BCUT2D eigenvalue weighted by molar-refractivity contribution is 5.96. The summed E-state index contributed by atoms with van der Waals surface area (Å²) in [5.41, 5.74) is 0.998. The second kappa shape index (κ2) is 9.04. The average Bonchev–Trinajstić information content (AvgIpc) is 2.71. The molecule has 30 heavy (non-hydrogen) atoms. The smallest absolute Gasteiger partial charge is 0.336 e. The van der Waals surface area contributed by atoms with Crippen LogP contribution in [0.5, 0.6) is 0 Å². The van der Waals surface area contributed by atoms with E-state index in [1.54, 1.807) is 42.5 Å². The maximum Gasteiger partial charge on any atom is 0.336 e. The van der Waals surface area contributed by atoms with Gasteiger partial charge in [-0.2, -0.15) is 0 Å². The Morgan fingerprint density at radius 1 is 1.07 bits per heavy atom. The third kappa shape index (κ3) is 5.11. The van der Waals surface area contributed by atoms with E-state index in [2.05, 4.69) is 10.6 Å². The van der Waals surface area contributed by atoms with Crippen LogP contribution in [0, 0.1) is 0 Å².